The van der Waals surface area contributed by atoms with Crippen LogP contribution in [0.15, 0.2) is 60.7 Å². The van der Waals surface area contributed by atoms with Gasteiger partial charge in [-0.15, -0.1) is 0 Å². The Morgan fingerprint density at radius 3 is 1.85 bits per heavy atom. The molecule has 2 aromatic carbocycles. The molecule has 2 fully saturated rings. The molecule has 0 unspecified atom stereocenters. The van der Waals surface area contributed by atoms with Crippen molar-refractivity contribution in [2.75, 3.05) is 13.2 Å². The fourth-order valence-corrected chi connectivity index (χ4v) is 13.4. The minimum absolute atomic E-state index is 0.0150. The van der Waals surface area contributed by atoms with Gasteiger partial charge in [0.1, 0.15) is 0 Å². The Morgan fingerprint density at radius 2 is 1.34 bits per heavy atom. The van der Waals surface area contributed by atoms with Crippen LogP contribution in [-0.2, 0) is 8.85 Å². The van der Waals surface area contributed by atoms with Gasteiger partial charge in [0.15, 0.2) is 8.32 Å². The van der Waals surface area contributed by atoms with Crippen molar-refractivity contribution in [1.29, 1.82) is 0 Å². The van der Waals surface area contributed by atoms with E-state index >= 15 is 0 Å². The molecule has 2 aliphatic rings. The standard InChI is InChI=1S/C36H59NO2Si2/c1-29(28-39-41(35(5,6)7,31-19-12-10-13-20-31)32-21-14-11-15-22-32)33-23-17-26-36(33)25-16-18-30(37-36)24-27-38-40(8,9)34(2,3)4/h10-15,19-22,29-30,33,37H,16-18,23-28H2,1-9H3/t29-,30+,33+,36+/m0/s1. The third-order valence-electron chi connectivity index (χ3n) is 10.9. The van der Waals surface area contributed by atoms with Crippen LogP contribution in [0, 0.1) is 11.8 Å². The zero-order valence-electron chi connectivity index (χ0n) is 27.7. The van der Waals surface area contributed by atoms with Gasteiger partial charge in [0.05, 0.1) is 0 Å². The fraction of sp³-hybridized carbons (Fsp3) is 0.667. The first kappa shape index (κ1) is 32.7. The van der Waals surface area contributed by atoms with E-state index in [-0.39, 0.29) is 15.6 Å². The van der Waals surface area contributed by atoms with E-state index < -0.39 is 16.6 Å². The maximum absolute atomic E-state index is 7.43. The molecule has 0 aromatic heterocycles. The van der Waals surface area contributed by atoms with Gasteiger partial charge >= 0.3 is 0 Å². The summed E-state index contributed by atoms with van der Waals surface area (Å²) in [4.78, 5) is 0. The number of hydrogen-bond acceptors (Lipinski definition) is 3. The predicted molar refractivity (Wildman–Crippen MR) is 181 cm³/mol. The molecule has 1 N–H and O–H groups in total. The van der Waals surface area contributed by atoms with Crippen molar-refractivity contribution in [3.05, 3.63) is 60.7 Å². The van der Waals surface area contributed by atoms with Gasteiger partial charge in [-0.1, -0.05) is 122 Å². The van der Waals surface area contributed by atoms with Crippen molar-refractivity contribution in [2.24, 2.45) is 11.8 Å². The molecule has 4 atom stereocenters. The molecule has 0 radical (unpaired) electrons. The first-order valence-corrected chi connectivity index (χ1v) is 21.2. The average Bonchev–Trinajstić information content (AvgIpc) is 3.31. The summed E-state index contributed by atoms with van der Waals surface area (Å²) >= 11 is 0. The summed E-state index contributed by atoms with van der Waals surface area (Å²) in [5, 5.41) is 7.31. The van der Waals surface area contributed by atoms with Crippen molar-refractivity contribution in [3.8, 4) is 0 Å². The Morgan fingerprint density at radius 1 is 0.805 bits per heavy atom. The molecule has 1 aliphatic carbocycles. The molecule has 2 aromatic rings. The molecule has 1 heterocycles. The van der Waals surface area contributed by atoms with E-state index in [0.717, 1.165) is 19.6 Å². The summed E-state index contributed by atoms with van der Waals surface area (Å²) in [5.74, 6) is 1.17. The molecular formula is C36H59NO2Si2. The van der Waals surface area contributed by atoms with E-state index in [9.17, 15) is 0 Å². The van der Waals surface area contributed by atoms with E-state index in [0.29, 0.717) is 17.9 Å². The lowest BCUT2D eigenvalue weighted by atomic mass is 9.73. The summed E-state index contributed by atoms with van der Waals surface area (Å²) in [6.07, 6.45) is 8.99. The second kappa shape index (κ2) is 12.8. The van der Waals surface area contributed by atoms with Crippen LogP contribution in [-0.4, -0.2) is 41.4 Å². The zero-order chi connectivity index (χ0) is 29.9. The highest BCUT2D eigenvalue weighted by molar-refractivity contribution is 6.99. The highest BCUT2D eigenvalue weighted by Crippen LogP contribution is 2.47. The quantitative estimate of drug-likeness (QED) is 0.281. The molecule has 4 rings (SSSR count). The molecule has 1 saturated heterocycles. The van der Waals surface area contributed by atoms with Crippen LogP contribution in [0.5, 0.6) is 0 Å². The molecule has 228 valence electrons. The molecule has 1 saturated carbocycles. The smallest absolute Gasteiger partial charge is 0.261 e. The number of rotatable bonds is 10. The SMILES string of the molecule is C[C@@H](CO[Si](c1ccccc1)(c1ccccc1)C(C)(C)C)[C@H]1CCC[C@]12CCC[C@H](CCO[Si](C)(C)C(C)(C)C)N2. The summed E-state index contributed by atoms with van der Waals surface area (Å²) < 4.78 is 14.0. The molecule has 0 bridgehead atoms. The maximum Gasteiger partial charge on any atom is 0.261 e. The Balaban J connectivity index is 1.50. The van der Waals surface area contributed by atoms with Gasteiger partial charge in [-0.05, 0) is 77.5 Å². The first-order chi connectivity index (χ1) is 19.2. The summed E-state index contributed by atoms with van der Waals surface area (Å²) in [5.41, 5.74) is 0.258. The largest absolute Gasteiger partial charge is 0.417 e. The molecule has 1 spiro atoms. The van der Waals surface area contributed by atoms with Gasteiger partial charge in [-0.25, -0.2) is 0 Å². The van der Waals surface area contributed by atoms with E-state index in [2.05, 4.69) is 128 Å². The molecule has 41 heavy (non-hydrogen) atoms. The van der Waals surface area contributed by atoms with Crippen LogP contribution in [0.25, 0.3) is 0 Å². The van der Waals surface area contributed by atoms with Crippen molar-refractivity contribution in [2.45, 2.75) is 128 Å². The monoisotopic (exact) mass is 593 g/mol. The summed E-state index contributed by atoms with van der Waals surface area (Å²) in [6, 6.07) is 22.8. The van der Waals surface area contributed by atoms with Crippen LogP contribution < -0.4 is 15.7 Å². The third kappa shape index (κ3) is 6.96. The van der Waals surface area contributed by atoms with Crippen molar-refractivity contribution in [3.63, 3.8) is 0 Å². The highest BCUT2D eigenvalue weighted by Gasteiger charge is 2.52. The van der Waals surface area contributed by atoms with Crippen molar-refractivity contribution in [1.82, 2.24) is 5.32 Å². The summed E-state index contributed by atoms with van der Waals surface area (Å²) in [6.45, 7) is 23.1. The lowest BCUT2D eigenvalue weighted by Crippen LogP contribution is -2.67. The van der Waals surface area contributed by atoms with Crippen LogP contribution in [0.2, 0.25) is 23.2 Å². The van der Waals surface area contributed by atoms with Gasteiger partial charge in [-0.3, -0.25) is 0 Å². The zero-order valence-corrected chi connectivity index (χ0v) is 29.7. The number of hydrogen-bond donors (Lipinski definition) is 1. The van der Waals surface area contributed by atoms with Crippen molar-refractivity contribution >= 4 is 27.0 Å². The van der Waals surface area contributed by atoms with Crippen molar-refractivity contribution < 1.29 is 8.85 Å². The van der Waals surface area contributed by atoms with E-state index in [1.165, 1.54) is 48.9 Å². The molecular weight excluding hydrogens is 535 g/mol. The normalized spacial score (nSPS) is 25.0. The summed E-state index contributed by atoms with van der Waals surface area (Å²) in [7, 11) is -4.22. The van der Waals surface area contributed by atoms with E-state index in [1.807, 2.05) is 0 Å². The van der Waals surface area contributed by atoms with Gasteiger partial charge < -0.3 is 14.2 Å². The molecule has 0 amide bonds. The minimum Gasteiger partial charge on any atom is -0.417 e. The Kier molecular flexibility index (Phi) is 10.2. The maximum atomic E-state index is 7.43. The number of nitrogens with one attached hydrogen (secondary N) is 1. The lowest BCUT2D eigenvalue weighted by molar-refractivity contribution is 0.0861. The van der Waals surface area contributed by atoms with E-state index in [4.69, 9.17) is 8.85 Å². The Bertz CT molecular complexity index is 1050. The van der Waals surface area contributed by atoms with E-state index in [1.54, 1.807) is 0 Å². The van der Waals surface area contributed by atoms with Crippen LogP contribution in [0.4, 0.5) is 0 Å². The second-order valence-corrected chi connectivity index (χ2v) is 24.9. The molecule has 3 nitrogen and oxygen atoms in total. The van der Waals surface area contributed by atoms with Crippen LogP contribution in [0.3, 0.4) is 0 Å². The van der Waals surface area contributed by atoms with Gasteiger partial charge in [-0.2, -0.15) is 0 Å². The third-order valence-corrected chi connectivity index (χ3v) is 20.5. The lowest BCUT2D eigenvalue weighted by Gasteiger charge is -2.48. The Hall–Kier alpha value is -1.25. The molecule has 1 aliphatic heterocycles. The topological polar surface area (TPSA) is 30.5 Å². The predicted octanol–water partition coefficient (Wildman–Crippen LogP) is 8.29. The number of benzene rings is 2. The average molecular weight is 594 g/mol. The van der Waals surface area contributed by atoms with Gasteiger partial charge in [0.2, 0.25) is 0 Å². The second-order valence-electron chi connectivity index (χ2n) is 15.7. The highest BCUT2D eigenvalue weighted by atomic mass is 28.4. The van der Waals surface area contributed by atoms with Crippen LogP contribution >= 0.6 is 0 Å². The van der Waals surface area contributed by atoms with Crippen LogP contribution in [0.1, 0.15) is 93.4 Å². The first-order valence-electron chi connectivity index (χ1n) is 16.4. The minimum atomic E-state index is -2.52. The van der Waals surface area contributed by atoms with Gasteiger partial charge in [0, 0.05) is 24.8 Å². The fourth-order valence-electron chi connectivity index (χ4n) is 7.66. The number of piperidine rings is 1. The Labute approximate surface area is 254 Å². The van der Waals surface area contributed by atoms with Gasteiger partial charge in [0.25, 0.3) is 8.32 Å². The molecule has 5 heteroatoms.